The normalized spacial score (nSPS) is 27.1. The summed E-state index contributed by atoms with van der Waals surface area (Å²) in [4.78, 5) is 6.73. The predicted octanol–water partition coefficient (Wildman–Crippen LogP) is 2.94. The molecule has 0 bridgehead atoms. The zero-order valence-electron chi connectivity index (χ0n) is 10.6. The lowest BCUT2D eigenvalue weighted by molar-refractivity contribution is 0.310. The number of likely N-dealkylation sites (N-methyl/N-ethyl adjacent to an activating group) is 1. The number of hydrogen-bond donors (Lipinski definition) is 0. The maximum atomic E-state index is 4.33. The Balaban J connectivity index is 2.33. The van der Waals surface area contributed by atoms with E-state index in [2.05, 4.69) is 55.1 Å². The number of hydrogen-bond acceptors (Lipinski definition) is 2. The van der Waals surface area contributed by atoms with E-state index in [0.29, 0.717) is 5.54 Å². The molecule has 0 saturated heterocycles. The van der Waals surface area contributed by atoms with Crippen molar-refractivity contribution in [2.75, 3.05) is 14.1 Å². The molecule has 1 saturated carbocycles. The van der Waals surface area contributed by atoms with E-state index < -0.39 is 0 Å². The van der Waals surface area contributed by atoms with E-state index in [4.69, 9.17) is 0 Å². The fraction of sp³-hybridized carbons (Fsp3) is 0.500. The monoisotopic (exact) mass is 216 g/mol. The van der Waals surface area contributed by atoms with Crippen molar-refractivity contribution >= 4 is 5.71 Å². The summed E-state index contributed by atoms with van der Waals surface area (Å²) in [7, 11) is 4.04. The third kappa shape index (κ3) is 1.73. The summed E-state index contributed by atoms with van der Waals surface area (Å²) in [6.45, 7) is 4.40. The number of aliphatic imine (C=N–C) groups is 1. The Bertz CT molecular complexity index is 406. The van der Waals surface area contributed by atoms with Gasteiger partial charge in [-0.3, -0.25) is 4.99 Å². The van der Waals surface area contributed by atoms with Crippen molar-refractivity contribution in [1.82, 2.24) is 4.90 Å². The Morgan fingerprint density at radius 1 is 1.44 bits per heavy atom. The fourth-order valence-corrected chi connectivity index (χ4v) is 2.13. The minimum absolute atomic E-state index is 0.365. The summed E-state index contributed by atoms with van der Waals surface area (Å²) in [5, 5.41) is 0. The highest BCUT2D eigenvalue weighted by molar-refractivity contribution is 6.12. The zero-order chi connectivity index (χ0) is 11.8. The quantitative estimate of drug-likeness (QED) is 0.693. The van der Waals surface area contributed by atoms with Gasteiger partial charge in [0.15, 0.2) is 0 Å². The lowest BCUT2D eigenvalue weighted by atomic mass is 9.99. The standard InChI is InChI=1S/C14H20N2/c1-5-11-12(15-3)7-6-8-13(11)16(4)14(2)9-10-14/h5-8H,9-10H2,1-4H3/b11-5+,15-12?. The largest absolute Gasteiger partial charge is 0.369 e. The SMILES string of the molecule is C/C=C1/C(N(C)C2(C)CC2)=CC=CC1=NC. The van der Waals surface area contributed by atoms with Gasteiger partial charge in [-0.2, -0.15) is 0 Å². The summed E-state index contributed by atoms with van der Waals surface area (Å²) in [5.41, 5.74) is 3.99. The van der Waals surface area contributed by atoms with Crippen LogP contribution in [0.3, 0.4) is 0 Å². The van der Waals surface area contributed by atoms with Crippen LogP contribution in [0.1, 0.15) is 26.7 Å². The van der Waals surface area contributed by atoms with E-state index in [-0.39, 0.29) is 0 Å². The molecule has 2 aliphatic carbocycles. The van der Waals surface area contributed by atoms with E-state index >= 15 is 0 Å². The van der Waals surface area contributed by atoms with Crippen LogP contribution in [0.25, 0.3) is 0 Å². The maximum Gasteiger partial charge on any atom is 0.0660 e. The first-order chi connectivity index (χ1) is 7.62. The second kappa shape index (κ2) is 3.93. The van der Waals surface area contributed by atoms with Gasteiger partial charge in [-0.15, -0.1) is 0 Å². The molecule has 0 aliphatic heterocycles. The van der Waals surface area contributed by atoms with Gasteiger partial charge in [0.25, 0.3) is 0 Å². The van der Waals surface area contributed by atoms with Crippen molar-refractivity contribution in [2.45, 2.75) is 32.2 Å². The first kappa shape index (κ1) is 11.2. The average molecular weight is 216 g/mol. The van der Waals surface area contributed by atoms with Crippen molar-refractivity contribution in [1.29, 1.82) is 0 Å². The lowest BCUT2D eigenvalue weighted by Crippen LogP contribution is -2.32. The molecule has 0 aromatic heterocycles. The van der Waals surface area contributed by atoms with E-state index in [1.165, 1.54) is 24.1 Å². The third-order valence-corrected chi connectivity index (χ3v) is 3.73. The fourth-order valence-electron chi connectivity index (χ4n) is 2.13. The van der Waals surface area contributed by atoms with Crippen LogP contribution in [0, 0.1) is 0 Å². The Labute approximate surface area is 98.1 Å². The predicted molar refractivity (Wildman–Crippen MR) is 69.7 cm³/mol. The van der Waals surface area contributed by atoms with Crippen molar-refractivity contribution < 1.29 is 0 Å². The average Bonchev–Trinajstić information content (AvgIpc) is 3.06. The summed E-state index contributed by atoms with van der Waals surface area (Å²) in [5.74, 6) is 0. The first-order valence-corrected chi connectivity index (χ1v) is 5.88. The van der Waals surface area contributed by atoms with Crippen LogP contribution in [0.2, 0.25) is 0 Å². The van der Waals surface area contributed by atoms with Gasteiger partial charge in [-0.1, -0.05) is 12.2 Å². The smallest absolute Gasteiger partial charge is 0.0660 e. The van der Waals surface area contributed by atoms with Crippen molar-refractivity contribution in [3.63, 3.8) is 0 Å². The highest BCUT2D eigenvalue weighted by atomic mass is 15.2. The summed E-state index contributed by atoms with van der Waals surface area (Å²) < 4.78 is 0. The van der Waals surface area contributed by atoms with Gasteiger partial charge < -0.3 is 4.90 Å². The van der Waals surface area contributed by atoms with Crippen LogP contribution in [0.15, 0.2) is 40.6 Å². The minimum atomic E-state index is 0.365. The molecule has 0 amide bonds. The molecule has 0 radical (unpaired) electrons. The molecule has 2 nitrogen and oxygen atoms in total. The van der Waals surface area contributed by atoms with Crippen molar-refractivity contribution in [2.24, 2.45) is 4.99 Å². The summed E-state index contributed by atoms with van der Waals surface area (Å²) >= 11 is 0. The first-order valence-electron chi connectivity index (χ1n) is 5.88. The molecule has 0 unspecified atom stereocenters. The van der Waals surface area contributed by atoms with Gasteiger partial charge in [0, 0.05) is 30.9 Å². The van der Waals surface area contributed by atoms with E-state index in [9.17, 15) is 0 Å². The molecule has 0 heterocycles. The van der Waals surface area contributed by atoms with E-state index in [1.54, 1.807) is 0 Å². The van der Waals surface area contributed by atoms with Crippen LogP contribution >= 0.6 is 0 Å². The third-order valence-electron chi connectivity index (χ3n) is 3.73. The molecule has 16 heavy (non-hydrogen) atoms. The number of rotatable bonds is 2. The van der Waals surface area contributed by atoms with E-state index in [0.717, 1.165) is 5.71 Å². The highest BCUT2D eigenvalue weighted by Gasteiger charge is 2.42. The Morgan fingerprint density at radius 3 is 2.62 bits per heavy atom. The van der Waals surface area contributed by atoms with Gasteiger partial charge in [-0.25, -0.2) is 0 Å². The Morgan fingerprint density at radius 2 is 2.12 bits per heavy atom. The summed E-state index contributed by atoms with van der Waals surface area (Å²) in [6.07, 6.45) is 11.1. The molecular formula is C14H20N2. The minimum Gasteiger partial charge on any atom is -0.369 e. The molecule has 0 aromatic carbocycles. The molecule has 2 rings (SSSR count). The van der Waals surface area contributed by atoms with Gasteiger partial charge in [0.1, 0.15) is 0 Å². The number of nitrogens with zero attached hydrogens (tertiary/aromatic N) is 2. The maximum absolute atomic E-state index is 4.33. The topological polar surface area (TPSA) is 15.6 Å². The van der Waals surface area contributed by atoms with Crippen molar-refractivity contribution in [3.05, 3.63) is 35.6 Å². The van der Waals surface area contributed by atoms with Gasteiger partial charge in [0.2, 0.25) is 0 Å². The zero-order valence-corrected chi connectivity index (χ0v) is 10.6. The van der Waals surface area contributed by atoms with Crippen LogP contribution in [-0.2, 0) is 0 Å². The molecule has 2 aliphatic rings. The highest BCUT2D eigenvalue weighted by Crippen LogP contribution is 2.43. The Kier molecular flexibility index (Phi) is 2.75. The van der Waals surface area contributed by atoms with Crippen LogP contribution in [0.4, 0.5) is 0 Å². The second-order valence-corrected chi connectivity index (χ2v) is 4.78. The molecule has 1 fully saturated rings. The summed E-state index contributed by atoms with van der Waals surface area (Å²) in [6, 6.07) is 0. The number of allylic oxidation sites excluding steroid dienone is 5. The van der Waals surface area contributed by atoms with Gasteiger partial charge >= 0.3 is 0 Å². The molecular weight excluding hydrogens is 196 g/mol. The molecule has 0 N–H and O–H groups in total. The van der Waals surface area contributed by atoms with E-state index in [1.807, 2.05) is 7.05 Å². The molecule has 0 spiro atoms. The molecule has 0 atom stereocenters. The molecule has 0 aromatic rings. The van der Waals surface area contributed by atoms with Gasteiger partial charge in [-0.05, 0) is 38.8 Å². The van der Waals surface area contributed by atoms with Crippen LogP contribution in [-0.4, -0.2) is 30.2 Å². The van der Waals surface area contributed by atoms with Crippen molar-refractivity contribution in [3.8, 4) is 0 Å². The molecule has 86 valence electrons. The van der Waals surface area contributed by atoms with Crippen LogP contribution < -0.4 is 0 Å². The Hall–Kier alpha value is -1.31. The lowest BCUT2D eigenvalue weighted by Gasteiger charge is -2.32. The molecule has 2 heteroatoms. The van der Waals surface area contributed by atoms with Crippen LogP contribution in [0.5, 0.6) is 0 Å². The second-order valence-electron chi connectivity index (χ2n) is 4.78. The van der Waals surface area contributed by atoms with Gasteiger partial charge in [0.05, 0.1) is 5.71 Å².